The molecule has 2 fully saturated rings. The van der Waals surface area contributed by atoms with Crippen LogP contribution < -0.4 is 5.32 Å². The molecule has 0 unspecified atom stereocenters. The molecule has 1 N–H and O–H groups in total. The average molecular weight is 406 g/mol. The number of likely N-dealkylation sites (tertiary alicyclic amines) is 1. The number of aromatic nitrogens is 4. The predicted octanol–water partition coefficient (Wildman–Crippen LogP) is 2.34. The summed E-state index contributed by atoms with van der Waals surface area (Å²) in [7, 11) is 3.63. The molecular formula is C22H26N6O2. The van der Waals surface area contributed by atoms with Crippen molar-refractivity contribution < 1.29 is 9.53 Å². The Morgan fingerprint density at radius 3 is 2.77 bits per heavy atom. The van der Waals surface area contributed by atoms with E-state index in [0.29, 0.717) is 17.4 Å². The summed E-state index contributed by atoms with van der Waals surface area (Å²) >= 11 is 0. The minimum absolute atomic E-state index is 0.0446. The molecule has 1 saturated carbocycles. The van der Waals surface area contributed by atoms with Crippen LogP contribution in [0.4, 0.5) is 5.82 Å². The number of carbonyl (C=O) groups excluding carboxylic acids is 1. The van der Waals surface area contributed by atoms with Crippen molar-refractivity contribution in [3.63, 3.8) is 0 Å². The van der Waals surface area contributed by atoms with Crippen LogP contribution in [0.3, 0.4) is 0 Å². The third-order valence-electron chi connectivity index (χ3n) is 6.55. The summed E-state index contributed by atoms with van der Waals surface area (Å²) in [6, 6.07) is 7.95. The van der Waals surface area contributed by atoms with Crippen LogP contribution in [0.5, 0.6) is 0 Å². The normalized spacial score (nSPS) is 26.0. The number of aryl methyl sites for hydroxylation is 1. The van der Waals surface area contributed by atoms with Gasteiger partial charge in [0, 0.05) is 39.6 Å². The summed E-state index contributed by atoms with van der Waals surface area (Å²) in [5.41, 5.74) is 2.29. The number of anilines is 1. The molecule has 3 aromatic heterocycles. The summed E-state index contributed by atoms with van der Waals surface area (Å²) in [6.07, 6.45) is 7.18. The molecule has 30 heavy (non-hydrogen) atoms. The van der Waals surface area contributed by atoms with E-state index in [1.54, 1.807) is 30.4 Å². The largest absolute Gasteiger partial charge is 0.379 e. The highest BCUT2D eigenvalue weighted by molar-refractivity contribution is 5.96. The Morgan fingerprint density at radius 1 is 1.17 bits per heavy atom. The van der Waals surface area contributed by atoms with E-state index in [-0.39, 0.29) is 18.1 Å². The number of ether oxygens (including phenoxy) is 1. The predicted molar refractivity (Wildman–Crippen MR) is 113 cm³/mol. The zero-order chi connectivity index (χ0) is 20.7. The lowest BCUT2D eigenvalue weighted by Crippen LogP contribution is -2.44. The van der Waals surface area contributed by atoms with Gasteiger partial charge in [-0.1, -0.05) is 6.07 Å². The lowest BCUT2D eigenvalue weighted by Gasteiger charge is -2.37. The molecule has 0 radical (unpaired) electrons. The summed E-state index contributed by atoms with van der Waals surface area (Å²) in [5.74, 6) is 1.82. The molecule has 8 nitrogen and oxygen atoms in total. The highest BCUT2D eigenvalue weighted by Crippen LogP contribution is 2.39. The number of fused-ring (bicyclic) bond motifs is 2. The first-order valence-electron chi connectivity index (χ1n) is 10.4. The zero-order valence-electron chi connectivity index (χ0n) is 17.2. The van der Waals surface area contributed by atoms with Crippen LogP contribution >= 0.6 is 0 Å². The fourth-order valence-electron chi connectivity index (χ4n) is 4.96. The highest BCUT2D eigenvalue weighted by Gasteiger charge is 2.44. The number of pyridine rings is 2. The molecule has 0 bridgehead atoms. The summed E-state index contributed by atoms with van der Waals surface area (Å²) in [5, 5.41) is 7.75. The van der Waals surface area contributed by atoms with E-state index in [9.17, 15) is 4.79 Å². The molecule has 1 amide bonds. The molecule has 5 rings (SSSR count). The fourth-order valence-corrected chi connectivity index (χ4v) is 4.96. The SMILES string of the molecule is CO[C@@H]1C[C@H]2CN(C(=O)c3cnc4cnn(C)c4c3)C[C@H]2C[C@H]1Nc1ccccn1. The van der Waals surface area contributed by atoms with E-state index in [1.165, 1.54) is 0 Å². The first-order chi connectivity index (χ1) is 14.6. The second-order valence-electron chi connectivity index (χ2n) is 8.34. The van der Waals surface area contributed by atoms with E-state index in [4.69, 9.17) is 4.74 Å². The molecule has 0 spiro atoms. The Morgan fingerprint density at radius 2 is 2.00 bits per heavy atom. The molecule has 1 aliphatic heterocycles. The van der Waals surface area contributed by atoms with Crippen LogP contribution in [0, 0.1) is 11.8 Å². The average Bonchev–Trinajstić information content (AvgIpc) is 3.36. The van der Waals surface area contributed by atoms with Gasteiger partial charge in [0.25, 0.3) is 5.91 Å². The molecule has 8 heteroatoms. The van der Waals surface area contributed by atoms with Crippen LogP contribution in [0.2, 0.25) is 0 Å². The van der Waals surface area contributed by atoms with Gasteiger partial charge < -0.3 is 15.0 Å². The van der Waals surface area contributed by atoms with Gasteiger partial charge in [0.2, 0.25) is 0 Å². The van der Waals surface area contributed by atoms with E-state index in [2.05, 4.69) is 20.4 Å². The summed E-state index contributed by atoms with van der Waals surface area (Å²) in [4.78, 5) is 24.0. The molecule has 2 aliphatic rings. The second-order valence-corrected chi connectivity index (χ2v) is 8.34. The van der Waals surface area contributed by atoms with E-state index in [0.717, 1.165) is 42.8 Å². The van der Waals surface area contributed by atoms with Gasteiger partial charge in [-0.05, 0) is 42.9 Å². The van der Waals surface area contributed by atoms with Gasteiger partial charge in [-0.15, -0.1) is 0 Å². The molecule has 156 valence electrons. The standard InChI is InChI=1S/C22H26N6O2/c1-27-19-8-14(10-24-18(19)11-25-27)22(29)28-12-15-7-17(20(30-2)9-16(15)13-28)26-21-5-3-4-6-23-21/h3-6,8,10-11,15-17,20H,7,9,12-13H2,1-2H3,(H,23,26)/t15-,16+,17-,20-/m1/s1. The van der Waals surface area contributed by atoms with Crippen molar-refractivity contribution in [2.45, 2.75) is 25.0 Å². The van der Waals surface area contributed by atoms with E-state index < -0.39 is 0 Å². The minimum Gasteiger partial charge on any atom is -0.379 e. The third kappa shape index (κ3) is 3.41. The van der Waals surface area contributed by atoms with Crippen molar-refractivity contribution in [3.05, 3.63) is 48.4 Å². The lowest BCUT2D eigenvalue weighted by atomic mass is 9.77. The van der Waals surface area contributed by atoms with Crippen molar-refractivity contribution in [2.75, 3.05) is 25.5 Å². The molecule has 1 aliphatic carbocycles. The topological polar surface area (TPSA) is 85.2 Å². The fraction of sp³-hybridized carbons (Fsp3) is 0.455. The Kier molecular flexibility index (Phi) is 4.86. The zero-order valence-corrected chi connectivity index (χ0v) is 17.2. The number of amides is 1. The van der Waals surface area contributed by atoms with Crippen LogP contribution in [0.1, 0.15) is 23.2 Å². The quantitative estimate of drug-likeness (QED) is 0.716. The molecule has 4 atom stereocenters. The number of nitrogens with one attached hydrogen (secondary N) is 1. The Hall–Kier alpha value is -3.00. The maximum Gasteiger partial charge on any atom is 0.255 e. The summed E-state index contributed by atoms with van der Waals surface area (Å²) < 4.78 is 7.55. The van der Waals surface area contributed by atoms with Crippen LogP contribution in [0.15, 0.2) is 42.9 Å². The summed E-state index contributed by atoms with van der Waals surface area (Å²) in [6.45, 7) is 1.53. The van der Waals surface area contributed by atoms with Gasteiger partial charge in [0.05, 0.1) is 29.4 Å². The van der Waals surface area contributed by atoms with Crippen molar-refractivity contribution >= 4 is 22.8 Å². The first kappa shape index (κ1) is 19.0. The van der Waals surface area contributed by atoms with Gasteiger partial charge in [-0.2, -0.15) is 5.10 Å². The van der Waals surface area contributed by atoms with E-state index in [1.807, 2.05) is 36.2 Å². The second kappa shape index (κ2) is 7.68. The third-order valence-corrected chi connectivity index (χ3v) is 6.55. The van der Waals surface area contributed by atoms with Crippen molar-refractivity contribution in [2.24, 2.45) is 18.9 Å². The van der Waals surface area contributed by atoms with Gasteiger partial charge in [-0.3, -0.25) is 14.5 Å². The van der Waals surface area contributed by atoms with Gasteiger partial charge >= 0.3 is 0 Å². The molecule has 3 aromatic rings. The maximum atomic E-state index is 13.2. The maximum absolute atomic E-state index is 13.2. The van der Waals surface area contributed by atoms with Crippen molar-refractivity contribution in [1.82, 2.24) is 24.6 Å². The van der Waals surface area contributed by atoms with Crippen LogP contribution in [0.25, 0.3) is 11.0 Å². The van der Waals surface area contributed by atoms with Crippen molar-refractivity contribution in [1.29, 1.82) is 0 Å². The monoisotopic (exact) mass is 406 g/mol. The number of hydrogen-bond donors (Lipinski definition) is 1. The Labute approximate surface area is 175 Å². The van der Waals surface area contributed by atoms with E-state index >= 15 is 0 Å². The molecular weight excluding hydrogens is 380 g/mol. The Balaban J connectivity index is 1.31. The lowest BCUT2D eigenvalue weighted by molar-refractivity contribution is 0.0304. The number of nitrogens with zero attached hydrogens (tertiary/aromatic N) is 5. The smallest absolute Gasteiger partial charge is 0.255 e. The Bertz CT molecular complexity index is 1050. The number of rotatable bonds is 4. The molecule has 1 saturated heterocycles. The van der Waals surface area contributed by atoms with Gasteiger partial charge in [0.1, 0.15) is 11.3 Å². The first-order valence-corrected chi connectivity index (χ1v) is 10.4. The van der Waals surface area contributed by atoms with Crippen molar-refractivity contribution in [3.8, 4) is 0 Å². The van der Waals surface area contributed by atoms with Crippen LogP contribution in [-0.2, 0) is 11.8 Å². The van der Waals surface area contributed by atoms with Gasteiger partial charge in [-0.25, -0.2) is 4.98 Å². The number of hydrogen-bond acceptors (Lipinski definition) is 6. The highest BCUT2D eigenvalue weighted by atomic mass is 16.5. The minimum atomic E-state index is 0.0446. The molecule has 4 heterocycles. The molecule has 0 aromatic carbocycles. The number of carbonyl (C=O) groups is 1. The number of methoxy groups -OCH3 is 1. The van der Waals surface area contributed by atoms with Gasteiger partial charge in [0.15, 0.2) is 0 Å². The van der Waals surface area contributed by atoms with Crippen LogP contribution in [-0.4, -0.2) is 62.9 Å².